The van der Waals surface area contributed by atoms with E-state index in [0.29, 0.717) is 12.0 Å². The normalized spacial score (nSPS) is 16.2. The van der Waals surface area contributed by atoms with Gasteiger partial charge in [-0.2, -0.15) is 0 Å². The fourth-order valence-corrected chi connectivity index (χ4v) is 2.66. The summed E-state index contributed by atoms with van der Waals surface area (Å²) in [7, 11) is 1.67. The highest BCUT2D eigenvalue weighted by Gasteiger charge is 2.36. The first-order valence-electron chi connectivity index (χ1n) is 6.78. The lowest BCUT2D eigenvalue weighted by Crippen LogP contribution is -2.21. The summed E-state index contributed by atoms with van der Waals surface area (Å²) in [6.45, 7) is 6.87. The van der Waals surface area contributed by atoms with Crippen molar-refractivity contribution in [2.75, 3.05) is 20.3 Å². The molecule has 0 bridgehead atoms. The lowest BCUT2D eigenvalue weighted by molar-refractivity contribution is 0.308. The molecule has 1 saturated carbocycles. The van der Waals surface area contributed by atoms with Gasteiger partial charge in [0, 0.05) is 13.1 Å². The van der Waals surface area contributed by atoms with Crippen LogP contribution in [-0.4, -0.2) is 20.3 Å². The average Bonchev–Trinajstić information content (AvgIpc) is 3.10. The monoisotopic (exact) mass is 327 g/mol. The second-order valence-corrected chi connectivity index (χ2v) is 6.31. The van der Waals surface area contributed by atoms with Gasteiger partial charge in [-0.05, 0) is 58.8 Å². The van der Waals surface area contributed by atoms with Crippen molar-refractivity contribution < 1.29 is 9.47 Å². The van der Waals surface area contributed by atoms with Crippen molar-refractivity contribution in [3.63, 3.8) is 0 Å². The maximum atomic E-state index is 5.59. The first kappa shape index (κ1) is 14.7. The Labute approximate surface area is 123 Å². The van der Waals surface area contributed by atoms with Crippen molar-refractivity contribution in [3.05, 3.63) is 22.2 Å². The van der Waals surface area contributed by atoms with E-state index >= 15 is 0 Å². The average molecular weight is 328 g/mol. The highest BCUT2D eigenvalue weighted by atomic mass is 79.9. The molecule has 1 fully saturated rings. The van der Waals surface area contributed by atoms with E-state index in [4.69, 9.17) is 9.47 Å². The van der Waals surface area contributed by atoms with E-state index in [0.717, 1.165) is 29.1 Å². The van der Waals surface area contributed by atoms with Crippen LogP contribution in [-0.2, 0) is 6.54 Å². The Morgan fingerprint density at radius 2 is 2.11 bits per heavy atom. The number of benzene rings is 1. The number of ether oxygens (including phenoxy) is 2. The predicted octanol–water partition coefficient (Wildman–Crippen LogP) is 3.75. The van der Waals surface area contributed by atoms with Gasteiger partial charge in [0.25, 0.3) is 0 Å². The van der Waals surface area contributed by atoms with E-state index in [1.54, 1.807) is 7.11 Å². The Kier molecular flexibility index (Phi) is 4.74. The molecule has 0 aromatic heterocycles. The van der Waals surface area contributed by atoms with E-state index in [9.17, 15) is 0 Å². The third-order valence-electron chi connectivity index (χ3n) is 3.56. The molecular weight excluding hydrogens is 306 g/mol. The Morgan fingerprint density at radius 1 is 1.37 bits per heavy atom. The van der Waals surface area contributed by atoms with Crippen LogP contribution in [0.4, 0.5) is 0 Å². The molecule has 1 aliphatic carbocycles. The zero-order valence-corrected chi connectivity index (χ0v) is 13.5. The molecule has 1 aliphatic rings. The molecule has 19 heavy (non-hydrogen) atoms. The van der Waals surface area contributed by atoms with Gasteiger partial charge in [-0.15, -0.1) is 0 Å². The summed E-state index contributed by atoms with van der Waals surface area (Å²) in [6.07, 6.45) is 2.69. The van der Waals surface area contributed by atoms with Gasteiger partial charge in [0.15, 0.2) is 11.5 Å². The lowest BCUT2D eigenvalue weighted by atomic mass is 10.1. The number of rotatable bonds is 7. The zero-order valence-electron chi connectivity index (χ0n) is 11.9. The molecule has 0 radical (unpaired) electrons. The molecule has 1 aromatic rings. The zero-order chi connectivity index (χ0) is 13.9. The fourth-order valence-electron chi connectivity index (χ4n) is 2.06. The molecule has 1 N–H and O–H groups in total. The molecular formula is C15H22BrNO2. The molecule has 0 heterocycles. The van der Waals surface area contributed by atoms with Gasteiger partial charge in [0.05, 0.1) is 18.2 Å². The summed E-state index contributed by atoms with van der Waals surface area (Å²) >= 11 is 3.55. The first-order chi connectivity index (χ1) is 9.08. The van der Waals surface area contributed by atoms with Crippen molar-refractivity contribution in [1.82, 2.24) is 5.32 Å². The lowest BCUT2D eigenvalue weighted by Gasteiger charge is -2.14. The van der Waals surface area contributed by atoms with Crippen LogP contribution in [0.3, 0.4) is 0 Å². The number of methoxy groups -OCH3 is 1. The predicted molar refractivity (Wildman–Crippen MR) is 80.9 cm³/mol. The van der Waals surface area contributed by atoms with Crippen molar-refractivity contribution in [1.29, 1.82) is 0 Å². The smallest absolute Gasteiger partial charge is 0.175 e. The van der Waals surface area contributed by atoms with E-state index in [1.165, 1.54) is 18.4 Å². The second kappa shape index (κ2) is 6.14. The molecule has 2 rings (SSSR count). The van der Waals surface area contributed by atoms with Crippen molar-refractivity contribution in [2.45, 2.75) is 33.2 Å². The summed E-state index contributed by atoms with van der Waals surface area (Å²) < 4.78 is 11.9. The third-order valence-corrected chi connectivity index (χ3v) is 4.15. The summed E-state index contributed by atoms with van der Waals surface area (Å²) in [6, 6.07) is 4.13. The van der Waals surface area contributed by atoms with Gasteiger partial charge >= 0.3 is 0 Å². The number of nitrogens with one attached hydrogen (secondary N) is 1. The van der Waals surface area contributed by atoms with Crippen LogP contribution < -0.4 is 14.8 Å². The fraction of sp³-hybridized carbons (Fsp3) is 0.600. The molecule has 0 atom stereocenters. The maximum Gasteiger partial charge on any atom is 0.175 e. The standard InChI is InChI=1S/C15H22BrNO2/c1-4-19-14-12(16)7-11(8-13(14)18-3)9-17-10-15(2)5-6-15/h7-8,17H,4-6,9-10H2,1-3H3. The Hall–Kier alpha value is -0.740. The number of hydrogen-bond donors (Lipinski definition) is 1. The molecule has 0 unspecified atom stereocenters. The molecule has 106 valence electrons. The first-order valence-corrected chi connectivity index (χ1v) is 7.57. The highest BCUT2D eigenvalue weighted by molar-refractivity contribution is 9.10. The van der Waals surface area contributed by atoms with E-state index < -0.39 is 0 Å². The molecule has 4 heteroatoms. The summed E-state index contributed by atoms with van der Waals surface area (Å²) in [5, 5.41) is 3.52. The number of hydrogen-bond acceptors (Lipinski definition) is 3. The van der Waals surface area contributed by atoms with Crippen molar-refractivity contribution in [2.24, 2.45) is 5.41 Å². The van der Waals surface area contributed by atoms with Gasteiger partial charge in [-0.25, -0.2) is 0 Å². The molecule has 0 spiro atoms. The molecule has 1 aromatic carbocycles. The van der Waals surface area contributed by atoms with Gasteiger partial charge < -0.3 is 14.8 Å². The Balaban J connectivity index is 2.02. The van der Waals surface area contributed by atoms with Gasteiger partial charge in [0.1, 0.15) is 0 Å². The Bertz CT molecular complexity index is 444. The van der Waals surface area contributed by atoms with Crippen LogP contribution >= 0.6 is 15.9 Å². The van der Waals surface area contributed by atoms with Crippen LogP contribution in [0.25, 0.3) is 0 Å². The summed E-state index contributed by atoms with van der Waals surface area (Å²) in [4.78, 5) is 0. The van der Waals surface area contributed by atoms with E-state index in [2.05, 4.69) is 34.2 Å². The topological polar surface area (TPSA) is 30.5 Å². The highest BCUT2D eigenvalue weighted by Crippen LogP contribution is 2.44. The minimum Gasteiger partial charge on any atom is -0.493 e. The van der Waals surface area contributed by atoms with Crippen LogP contribution in [0.2, 0.25) is 0 Å². The van der Waals surface area contributed by atoms with Crippen molar-refractivity contribution in [3.8, 4) is 11.5 Å². The molecule has 0 aliphatic heterocycles. The summed E-state index contributed by atoms with van der Waals surface area (Å²) in [5.74, 6) is 1.56. The largest absolute Gasteiger partial charge is 0.493 e. The Morgan fingerprint density at radius 3 is 2.68 bits per heavy atom. The molecule has 0 saturated heterocycles. The van der Waals surface area contributed by atoms with Crippen molar-refractivity contribution >= 4 is 15.9 Å². The number of halogens is 1. The SMILES string of the molecule is CCOc1c(Br)cc(CNCC2(C)CC2)cc1OC. The summed E-state index contributed by atoms with van der Waals surface area (Å²) in [5.41, 5.74) is 1.74. The molecule has 3 nitrogen and oxygen atoms in total. The van der Waals surface area contributed by atoms with Gasteiger partial charge in [-0.1, -0.05) is 6.92 Å². The van der Waals surface area contributed by atoms with Crippen LogP contribution in [0.5, 0.6) is 11.5 Å². The quantitative estimate of drug-likeness (QED) is 0.827. The van der Waals surface area contributed by atoms with Gasteiger partial charge in [-0.3, -0.25) is 0 Å². The van der Waals surface area contributed by atoms with E-state index in [1.807, 2.05) is 13.0 Å². The molecule has 0 amide bonds. The minimum atomic E-state index is 0.534. The second-order valence-electron chi connectivity index (χ2n) is 5.46. The maximum absolute atomic E-state index is 5.59. The van der Waals surface area contributed by atoms with E-state index in [-0.39, 0.29) is 0 Å². The van der Waals surface area contributed by atoms with Crippen LogP contribution in [0.15, 0.2) is 16.6 Å². The van der Waals surface area contributed by atoms with Gasteiger partial charge in [0.2, 0.25) is 0 Å². The minimum absolute atomic E-state index is 0.534. The van der Waals surface area contributed by atoms with Crippen LogP contribution in [0, 0.1) is 5.41 Å². The third kappa shape index (κ3) is 3.86. The van der Waals surface area contributed by atoms with Crippen LogP contribution in [0.1, 0.15) is 32.3 Å².